The highest BCUT2D eigenvalue weighted by Gasteiger charge is 2.31. The largest absolute Gasteiger partial charge is 0.462 e. The van der Waals surface area contributed by atoms with Gasteiger partial charge in [0.25, 0.3) is 0 Å². The van der Waals surface area contributed by atoms with Gasteiger partial charge in [-0.25, -0.2) is 14.8 Å². The monoisotopic (exact) mass is 592 g/mol. The summed E-state index contributed by atoms with van der Waals surface area (Å²) in [5.74, 6) is 1.20. The number of hydrogen-bond donors (Lipinski definition) is 1. The van der Waals surface area contributed by atoms with E-state index in [4.69, 9.17) is 14.7 Å². The van der Waals surface area contributed by atoms with Crippen LogP contribution in [-0.2, 0) is 37.0 Å². The smallest absolute Gasteiger partial charge is 0.348 e. The van der Waals surface area contributed by atoms with E-state index in [0.717, 1.165) is 51.5 Å². The average molecular weight is 593 g/mol. The fourth-order valence-electron chi connectivity index (χ4n) is 6.16. The molecule has 0 bridgehead atoms. The molecule has 0 amide bonds. The predicted molar refractivity (Wildman–Crippen MR) is 171 cm³/mol. The normalized spacial score (nSPS) is 18.9. The van der Waals surface area contributed by atoms with Crippen LogP contribution in [0.2, 0.25) is 0 Å². The summed E-state index contributed by atoms with van der Waals surface area (Å²) in [6.45, 7) is 16.3. The number of aromatic nitrogens is 2. The Balaban J connectivity index is 0.000000166. The first-order valence-electron chi connectivity index (χ1n) is 15.0. The van der Waals surface area contributed by atoms with E-state index in [2.05, 4.69) is 59.7 Å². The summed E-state index contributed by atoms with van der Waals surface area (Å²) in [6, 6.07) is 8.53. The minimum atomic E-state index is -0.240. The van der Waals surface area contributed by atoms with Crippen molar-refractivity contribution in [3.05, 3.63) is 56.5 Å². The highest BCUT2D eigenvalue weighted by molar-refractivity contribution is 7.20. The Kier molecular flexibility index (Phi) is 8.62. The molecule has 0 aromatic carbocycles. The SMILES string of the molecule is CC(C)(C)C1CCc2nc3sc(CO)cc3cc2C1.CCOC(=O)c1cc2cc3c(nc2s1)CCC(C(C)(C)C)C3. The van der Waals surface area contributed by atoms with Gasteiger partial charge in [0.1, 0.15) is 14.5 Å². The lowest BCUT2D eigenvalue weighted by atomic mass is 9.71. The van der Waals surface area contributed by atoms with Gasteiger partial charge in [-0.3, -0.25) is 0 Å². The van der Waals surface area contributed by atoms with Crippen LogP contribution in [0.3, 0.4) is 0 Å². The quantitative estimate of drug-likeness (QED) is 0.241. The fraction of sp³-hybridized carbons (Fsp3) is 0.559. The molecule has 0 radical (unpaired) electrons. The predicted octanol–water partition coefficient (Wildman–Crippen LogP) is 8.56. The molecule has 2 unspecified atom stereocenters. The number of aliphatic hydroxyl groups excluding tert-OH is 1. The lowest BCUT2D eigenvalue weighted by Crippen LogP contribution is -2.27. The molecule has 4 aromatic rings. The fourth-order valence-corrected chi connectivity index (χ4v) is 7.98. The summed E-state index contributed by atoms with van der Waals surface area (Å²) in [5, 5.41) is 11.5. The minimum Gasteiger partial charge on any atom is -0.462 e. The van der Waals surface area contributed by atoms with Gasteiger partial charge < -0.3 is 9.84 Å². The Morgan fingerprint density at radius 1 is 0.854 bits per heavy atom. The molecule has 2 atom stereocenters. The van der Waals surface area contributed by atoms with Crippen molar-refractivity contribution in [3.63, 3.8) is 0 Å². The lowest BCUT2D eigenvalue weighted by Gasteiger charge is -2.34. The number of esters is 1. The molecule has 0 spiro atoms. The molecular weight excluding hydrogens is 549 g/mol. The molecule has 0 fully saturated rings. The van der Waals surface area contributed by atoms with Gasteiger partial charge >= 0.3 is 5.97 Å². The second-order valence-corrected chi connectivity index (χ2v) is 15.9. The topological polar surface area (TPSA) is 72.3 Å². The number of hydrogen-bond acceptors (Lipinski definition) is 7. The number of carbonyl (C=O) groups excluding carboxylic acids is 1. The average Bonchev–Trinajstić information content (AvgIpc) is 3.52. The molecular formula is C34H44N2O3S2. The van der Waals surface area contributed by atoms with Crippen LogP contribution in [0.1, 0.15) is 98.4 Å². The summed E-state index contributed by atoms with van der Waals surface area (Å²) in [5.41, 5.74) is 5.96. The molecule has 0 saturated carbocycles. The van der Waals surface area contributed by atoms with Crippen molar-refractivity contribution in [1.82, 2.24) is 9.97 Å². The number of fused-ring (bicyclic) bond motifs is 4. The van der Waals surface area contributed by atoms with Gasteiger partial charge in [0.05, 0.1) is 13.2 Å². The number of carbonyl (C=O) groups is 1. The van der Waals surface area contributed by atoms with Crippen molar-refractivity contribution in [2.45, 2.75) is 93.6 Å². The van der Waals surface area contributed by atoms with Crippen LogP contribution in [0.4, 0.5) is 0 Å². The number of rotatable bonds is 3. The summed E-state index contributed by atoms with van der Waals surface area (Å²) < 4.78 is 5.09. The zero-order valence-corrected chi connectivity index (χ0v) is 27.2. The second-order valence-electron chi connectivity index (χ2n) is 13.8. The van der Waals surface area contributed by atoms with Gasteiger partial charge in [0, 0.05) is 27.0 Å². The third-order valence-electron chi connectivity index (χ3n) is 8.88. The zero-order valence-electron chi connectivity index (χ0n) is 25.6. The Labute approximate surface area is 252 Å². The summed E-state index contributed by atoms with van der Waals surface area (Å²) in [4.78, 5) is 25.2. The Bertz CT molecular complexity index is 1550. The first kappa shape index (κ1) is 30.1. The number of thiophene rings is 2. The lowest BCUT2D eigenvalue weighted by molar-refractivity contribution is 0.0532. The summed E-state index contributed by atoms with van der Waals surface area (Å²) in [7, 11) is 0. The number of nitrogens with zero attached hydrogens (tertiary/aromatic N) is 2. The number of aryl methyl sites for hydroxylation is 2. The van der Waals surface area contributed by atoms with Gasteiger partial charge in [-0.2, -0.15) is 0 Å². The Hall–Kier alpha value is -2.35. The van der Waals surface area contributed by atoms with E-state index < -0.39 is 0 Å². The maximum absolute atomic E-state index is 11.9. The van der Waals surface area contributed by atoms with Crippen LogP contribution in [-0.4, -0.2) is 27.7 Å². The standard InChI is InChI=1S/C18H23NO2S.C16H21NOS/c1-5-21-17(20)15-10-12-8-11-9-13(18(2,3)4)6-7-14(11)19-16(12)22-15;1-16(2,3)12-4-5-14-10(7-12)6-11-8-13(9-18)19-15(11)17-14/h8,10,13H,5-7,9H2,1-4H3;6,8,12,18H,4-5,7,9H2,1-3H3. The van der Waals surface area contributed by atoms with E-state index in [-0.39, 0.29) is 12.6 Å². The summed E-state index contributed by atoms with van der Waals surface area (Å²) >= 11 is 3.05. The van der Waals surface area contributed by atoms with Crippen LogP contribution in [0, 0.1) is 22.7 Å². The highest BCUT2D eigenvalue weighted by Crippen LogP contribution is 2.40. The Morgan fingerprint density at radius 2 is 1.37 bits per heavy atom. The second kappa shape index (κ2) is 11.7. The highest BCUT2D eigenvalue weighted by atomic mass is 32.1. The van der Waals surface area contributed by atoms with Crippen molar-refractivity contribution < 1.29 is 14.6 Å². The van der Waals surface area contributed by atoms with E-state index in [0.29, 0.717) is 28.2 Å². The van der Waals surface area contributed by atoms with Crippen LogP contribution in [0.15, 0.2) is 24.3 Å². The molecule has 1 N–H and O–H groups in total. The van der Waals surface area contributed by atoms with Gasteiger partial charge in [0.15, 0.2) is 0 Å². The molecule has 220 valence electrons. The number of ether oxygens (including phenoxy) is 1. The minimum absolute atomic E-state index is 0.121. The Morgan fingerprint density at radius 3 is 1.85 bits per heavy atom. The molecule has 7 heteroatoms. The van der Waals surface area contributed by atoms with E-state index in [1.54, 1.807) is 11.3 Å². The third kappa shape index (κ3) is 6.68. The molecule has 2 aliphatic rings. The first-order chi connectivity index (χ1) is 19.4. The van der Waals surface area contributed by atoms with Crippen LogP contribution >= 0.6 is 22.7 Å². The van der Waals surface area contributed by atoms with Crippen molar-refractivity contribution in [3.8, 4) is 0 Å². The first-order valence-corrected chi connectivity index (χ1v) is 16.6. The van der Waals surface area contributed by atoms with E-state index in [1.807, 2.05) is 13.0 Å². The van der Waals surface area contributed by atoms with Gasteiger partial charge in [0.2, 0.25) is 0 Å². The van der Waals surface area contributed by atoms with Gasteiger partial charge in [-0.15, -0.1) is 22.7 Å². The third-order valence-corrected chi connectivity index (χ3v) is 10.9. The molecule has 5 nitrogen and oxygen atoms in total. The molecule has 4 heterocycles. The molecule has 41 heavy (non-hydrogen) atoms. The maximum Gasteiger partial charge on any atom is 0.348 e. The van der Waals surface area contributed by atoms with E-state index in [9.17, 15) is 9.90 Å². The van der Waals surface area contributed by atoms with Gasteiger partial charge in [-0.05, 0) is 104 Å². The zero-order chi connectivity index (χ0) is 29.5. The van der Waals surface area contributed by atoms with Crippen molar-refractivity contribution >= 4 is 49.1 Å². The molecule has 6 rings (SSSR count). The molecule has 0 saturated heterocycles. The molecule has 2 aliphatic carbocycles. The van der Waals surface area contributed by atoms with E-state index >= 15 is 0 Å². The van der Waals surface area contributed by atoms with Gasteiger partial charge in [-0.1, -0.05) is 41.5 Å². The van der Waals surface area contributed by atoms with E-state index in [1.165, 1.54) is 52.1 Å². The van der Waals surface area contributed by atoms with Crippen LogP contribution < -0.4 is 0 Å². The van der Waals surface area contributed by atoms with Crippen molar-refractivity contribution in [1.29, 1.82) is 0 Å². The molecule has 0 aliphatic heterocycles. The maximum atomic E-state index is 11.9. The molecule has 4 aromatic heterocycles. The van der Waals surface area contributed by atoms with Crippen molar-refractivity contribution in [2.75, 3.05) is 6.61 Å². The number of aliphatic hydroxyl groups is 1. The van der Waals surface area contributed by atoms with Crippen LogP contribution in [0.25, 0.3) is 20.4 Å². The van der Waals surface area contributed by atoms with Crippen LogP contribution in [0.5, 0.6) is 0 Å². The number of pyridine rings is 2. The van der Waals surface area contributed by atoms with Crippen molar-refractivity contribution in [2.24, 2.45) is 22.7 Å². The summed E-state index contributed by atoms with van der Waals surface area (Å²) in [6.07, 6.45) is 6.82.